The summed E-state index contributed by atoms with van der Waals surface area (Å²) in [7, 11) is 0. The average molecular weight is 746 g/mol. The predicted molar refractivity (Wildman–Crippen MR) is 178 cm³/mol. The Labute approximate surface area is 256 Å². The Morgan fingerprint density at radius 3 is 1.40 bits per heavy atom. The van der Waals surface area contributed by atoms with Crippen LogP contribution in [0.2, 0.25) is 0 Å². The van der Waals surface area contributed by atoms with Crippen LogP contribution < -0.4 is 0 Å². The number of hydrogen-bond donors (Lipinski definition) is 4. The van der Waals surface area contributed by atoms with E-state index in [0.717, 1.165) is 74.2 Å². The Balaban J connectivity index is 1.56. The van der Waals surface area contributed by atoms with Crippen molar-refractivity contribution in [3.63, 3.8) is 0 Å². The fraction of sp³-hybridized carbons (Fsp3) is 0. The van der Waals surface area contributed by atoms with Gasteiger partial charge >= 0.3 is 0 Å². The lowest BCUT2D eigenvalue weighted by atomic mass is 10.0. The Kier molecular flexibility index (Phi) is 6.23. The second kappa shape index (κ2) is 9.93. The number of nitrogens with zero attached hydrogens (tertiary/aromatic N) is 2. The van der Waals surface area contributed by atoms with E-state index < -0.39 is 0 Å². The first kappa shape index (κ1) is 25.1. The normalized spacial score (nSPS) is 12.2. The molecule has 0 amide bonds. The third kappa shape index (κ3) is 4.60. The summed E-state index contributed by atoms with van der Waals surface area (Å²) < 4.78 is 1.58. The maximum atomic E-state index is 10.5. The van der Waals surface area contributed by atoms with Gasteiger partial charge in [-0.1, -0.05) is 12.1 Å². The lowest BCUT2D eigenvalue weighted by Crippen LogP contribution is -1.87. The van der Waals surface area contributed by atoms with Gasteiger partial charge in [0.25, 0.3) is 0 Å². The molecule has 0 aliphatic carbocycles. The van der Waals surface area contributed by atoms with Crippen LogP contribution in [0.5, 0.6) is 11.5 Å². The molecular weight excluding hydrogens is 726 g/mol. The maximum Gasteiger partial charge on any atom is 0.129 e. The minimum Gasteiger partial charge on any atom is -0.507 e. The van der Waals surface area contributed by atoms with Crippen LogP contribution in [0.1, 0.15) is 22.8 Å². The van der Waals surface area contributed by atoms with Crippen LogP contribution in [0.3, 0.4) is 0 Å². The van der Waals surface area contributed by atoms with Crippen molar-refractivity contribution in [1.82, 2.24) is 19.9 Å². The van der Waals surface area contributed by atoms with Crippen LogP contribution >= 0.6 is 45.2 Å². The number of H-pyrrole nitrogens is 2. The third-order valence-corrected chi connectivity index (χ3v) is 8.69. The molecule has 0 saturated heterocycles. The number of aromatic nitrogens is 4. The van der Waals surface area contributed by atoms with Gasteiger partial charge in [0.05, 0.1) is 29.9 Å². The topological polar surface area (TPSA) is 97.8 Å². The molecule has 2 aliphatic heterocycles. The smallest absolute Gasteiger partial charge is 0.129 e. The second-order valence-corrected chi connectivity index (χ2v) is 11.9. The standard InChI is InChI=1S/C32H20I2N4O2/c33-23-7-1-17(13-29(23)39)31-25-9-3-19(35-25)15-21-5-11-27(37-21)32(18-2-8-24(34)30(40)14-18)28-12-6-22(38-28)16-20-4-10-26(31)36-20/h1-16,35,38-40H. The van der Waals surface area contributed by atoms with E-state index in [0.29, 0.717) is 0 Å². The van der Waals surface area contributed by atoms with Gasteiger partial charge in [0.2, 0.25) is 0 Å². The Bertz CT molecular complexity index is 1920. The van der Waals surface area contributed by atoms with Crippen LogP contribution in [0.25, 0.3) is 68.6 Å². The zero-order valence-electron chi connectivity index (χ0n) is 20.8. The minimum atomic E-state index is 0.232. The van der Waals surface area contributed by atoms with Gasteiger partial charge in [-0.15, -0.1) is 0 Å². The van der Waals surface area contributed by atoms with Gasteiger partial charge in [0, 0.05) is 33.2 Å². The molecule has 5 heterocycles. The summed E-state index contributed by atoms with van der Waals surface area (Å²) in [5, 5.41) is 20.9. The average Bonchev–Trinajstić information content (AvgIpc) is 3.74. The van der Waals surface area contributed by atoms with Crippen molar-refractivity contribution in [2.45, 2.75) is 0 Å². The maximum absolute atomic E-state index is 10.5. The summed E-state index contributed by atoms with van der Waals surface area (Å²) in [6, 6.07) is 23.5. The number of rotatable bonds is 2. The molecule has 4 N–H and O–H groups in total. The molecular formula is C32H20I2N4O2. The number of aromatic hydroxyl groups is 2. The highest BCUT2D eigenvalue weighted by Crippen LogP contribution is 2.35. The zero-order valence-corrected chi connectivity index (χ0v) is 25.1. The van der Waals surface area contributed by atoms with Crippen molar-refractivity contribution in [2.75, 3.05) is 0 Å². The summed E-state index contributed by atoms with van der Waals surface area (Å²) in [5.41, 5.74) is 10.3. The van der Waals surface area contributed by atoms with Crippen molar-refractivity contribution in [3.8, 4) is 33.8 Å². The number of hydrogen-bond acceptors (Lipinski definition) is 4. The summed E-state index contributed by atoms with van der Waals surface area (Å²) in [5.74, 6) is 0.464. The van der Waals surface area contributed by atoms with Crippen molar-refractivity contribution < 1.29 is 10.2 Å². The van der Waals surface area contributed by atoms with E-state index in [1.807, 2.05) is 85.0 Å². The number of nitrogens with one attached hydrogen (secondary N) is 2. The SMILES string of the molecule is Oc1cc(-c2c3nc(cc4ccc([nH]4)c(-c4ccc(I)c(O)c4)c4nc(cc5ccc2[nH]5)C=C4)C=C3)ccc1I. The number of halogens is 2. The Morgan fingerprint density at radius 1 is 0.525 bits per heavy atom. The highest BCUT2D eigenvalue weighted by atomic mass is 127. The molecule has 0 fully saturated rings. The second-order valence-electron chi connectivity index (χ2n) is 9.54. The third-order valence-electron chi connectivity index (χ3n) is 6.87. The van der Waals surface area contributed by atoms with Crippen molar-refractivity contribution in [1.29, 1.82) is 0 Å². The molecule has 194 valence electrons. The van der Waals surface area contributed by atoms with Crippen molar-refractivity contribution >= 4 is 91.6 Å². The molecule has 2 aliphatic rings. The number of phenols is 2. The van der Waals surface area contributed by atoms with E-state index in [1.165, 1.54) is 0 Å². The van der Waals surface area contributed by atoms with E-state index in [9.17, 15) is 10.2 Å². The monoisotopic (exact) mass is 746 g/mol. The molecule has 8 bridgehead atoms. The van der Waals surface area contributed by atoms with E-state index in [2.05, 4.69) is 55.1 Å². The van der Waals surface area contributed by atoms with Crippen LogP contribution in [-0.4, -0.2) is 30.1 Å². The quantitative estimate of drug-likeness (QED) is 0.133. The lowest BCUT2D eigenvalue weighted by molar-refractivity contribution is 0.471. The molecule has 0 atom stereocenters. The van der Waals surface area contributed by atoms with Crippen LogP contribution in [0.4, 0.5) is 0 Å². The molecule has 8 heteroatoms. The largest absolute Gasteiger partial charge is 0.507 e. The Morgan fingerprint density at radius 2 is 0.975 bits per heavy atom. The van der Waals surface area contributed by atoms with Gasteiger partial charge in [0.1, 0.15) is 11.5 Å². The summed E-state index contributed by atoms with van der Waals surface area (Å²) >= 11 is 4.25. The molecule has 0 spiro atoms. The van der Waals surface area contributed by atoms with Gasteiger partial charge < -0.3 is 20.2 Å². The fourth-order valence-electron chi connectivity index (χ4n) is 5.02. The molecule has 7 rings (SSSR count). The number of phenolic OH excluding ortho intramolecular Hbond substituents is 2. The van der Waals surface area contributed by atoms with Crippen LogP contribution in [0, 0.1) is 7.14 Å². The van der Waals surface area contributed by atoms with E-state index >= 15 is 0 Å². The highest BCUT2D eigenvalue weighted by molar-refractivity contribution is 14.1. The van der Waals surface area contributed by atoms with E-state index in [4.69, 9.17) is 9.97 Å². The molecule has 3 aromatic heterocycles. The molecule has 5 aromatic rings. The highest BCUT2D eigenvalue weighted by Gasteiger charge is 2.14. The van der Waals surface area contributed by atoms with Crippen LogP contribution in [0.15, 0.2) is 72.8 Å². The molecule has 2 aromatic carbocycles. The van der Waals surface area contributed by atoms with E-state index in [1.54, 1.807) is 12.1 Å². The molecule has 0 radical (unpaired) electrons. The molecule has 40 heavy (non-hydrogen) atoms. The number of fused-ring (bicyclic) bond motifs is 8. The first-order valence-electron chi connectivity index (χ1n) is 12.5. The predicted octanol–water partition coefficient (Wildman–Crippen LogP) is 8.61. The summed E-state index contributed by atoms with van der Waals surface area (Å²) in [6.07, 6.45) is 7.98. The van der Waals surface area contributed by atoms with Crippen LogP contribution in [-0.2, 0) is 0 Å². The first-order valence-corrected chi connectivity index (χ1v) is 14.7. The Hall–Kier alpha value is -3.90. The van der Waals surface area contributed by atoms with Gasteiger partial charge in [-0.25, -0.2) is 9.97 Å². The van der Waals surface area contributed by atoms with Gasteiger partial charge in [-0.3, -0.25) is 0 Å². The van der Waals surface area contributed by atoms with Gasteiger partial charge in [-0.2, -0.15) is 0 Å². The van der Waals surface area contributed by atoms with Gasteiger partial charge in [-0.05, 0) is 141 Å². The zero-order chi connectivity index (χ0) is 27.4. The van der Waals surface area contributed by atoms with Gasteiger partial charge in [0.15, 0.2) is 0 Å². The van der Waals surface area contributed by atoms with E-state index in [-0.39, 0.29) is 11.5 Å². The van der Waals surface area contributed by atoms with Crippen molar-refractivity contribution in [3.05, 3.63) is 103 Å². The first-order chi connectivity index (χ1) is 19.4. The number of benzene rings is 2. The minimum absolute atomic E-state index is 0.232. The molecule has 0 unspecified atom stereocenters. The van der Waals surface area contributed by atoms with Crippen molar-refractivity contribution in [2.24, 2.45) is 0 Å². The summed E-state index contributed by atoms with van der Waals surface area (Å²) in [6.45, 7) is 0. The summed E-state index contributed by atoms with van der Waals surface area (Å²) in [4.78, 5) is 16.9. The molecule has 6 nitrogen and oxygen atoms in total. The lowest BCUT2D eigenvalue weighted by Gasteiger charge is -2.06. The fourth-order valence-corrected chi connectivity index (χ4v) is 5.69. The number of aromatic amines is 2. The molecule has 0 saturated carbocycles.